The Morgan fingerprint density at radius 3 is 2.48 bits per heavy atom. The van der Waals surface area contributed by atoms with Crippen molar-refractivity contribution in [1.82, 2.24) is 14.9 Å². The van der Waals surface area contributed by atoms with Gasteiger partial charge in [-0.25, -0.2) is 27.5 Å². The largest absolute Gasteiger partial charge is 0.494 e. The minimum absolute atomic E-state index is 0.0586. The first-order valence-corrected chi connectivity index (χ1v) is 12.2. The van der Waals surface area contributed by atoms with Gasteiger partial charge in [0.25, 0.3) is 0 Å². The average Bonchev–Trinajstić information content (AvgIpc) is 3.39. The van der Waals surface area contributed by atoms with Gasteiger partial charge in [-0.3, -0.25) is 4.79 Å². The van der Waals surface area contributed by atoms with Gasteiger partial charge in [0.1, 0.15) is 5.75 Å². The van der Waals surface area contributed by atoms with E-state index in [1.807, 2.05) is 30.9 Å². The molecule has 40 heavy (non-hydrogen) atoms. The predicted molar refractivity (Wildman–Crippen MR) is 146 cm³/mol. The molecule has 0 fully saturated rings. The molecule has 1 aliphatic carbocycles. The number of hydrogen-bond donors (Lipinski definition) is 2. The molecule has 8 nitrogen and oxygen atoms in total. The zero-order valence-corrected chi connectivity index (χ0v) is 22.4. The molecule has 0 aliphatic heterocycles. The molecule has 210 valence electrons. The summed E-state index contributed by atoms with van der Waals surface area (Å²) >= 11 is 0. The number of hydrogen-bond acceptors (Lipinski definition) is 7. The number of nitrogens with one attached hydrogen (secondary N) is 2. The Labute approximate surface area is 229 Å². The second-order valence-corrected chi connectivity index (χ2v) is 9.31. The van der Waals surface area contributed by atoms with Gasteiger partial charge in [-0.2, -0.15) is 0 Å². The molecule has 0 unspecified atom stereocenters. The van der Waals surface area contributed by atoms with Crippen molar-refractivity contribution in [2.45, 2.75) is 6.42 Å². The first-order chi connectivity index (χ1) is 19.0. The van der Waals surface area contributed by atoms with E-state index in [0.717, 1.165) is 12.6 Å². The van der Waals surface area contributed by atoms with Crippen LogP contribution in [0.5, 0.6) is 5.75 Å². The smallest absolute Gasteiger partial charge is 0.247 e. The lowest BCUT2D eigenvalue weighted by molar-refractivity contribution is -0.111. The number of halogens is 4. The summed E-state index contributed by atoms with van der Waals surface area (Å²) in [6, 6.07) is 4.83. The molecule has 1 aromatic heterocycles. The highest BCUT2D eigenvalue weighted by Gasteiger charge is 2.31. The fourth-order valence-corrected chi connectivity index (χ4v) is 4.28. The van der Waals surface area contributed by atoms with Crippen LogP contribution in [0.15, 0.2) is 43.1 Å². The number of nitrogens with zero attached hydrogens (tertiary/aromatic N) is 4. The van der Waals surface area contributed by atoms with Gasteiger partial charge in [-0.15, -0.1) is 0 Å². The molecule has 4 rings (SSSR count). The summed E-state index contributed by atoms with van der Waals surface area (Å²) in [5.41, 5.74) is 1.17. The molecule has 3 aromatic rings. The summed E-state index contributed by atoms with van der Waals surface area (Å²) in [4.78, 5) is 24.8. The van der Waals surface area contributed by atoms with Gasteiger partial charge in [0, 0.05) is 49.1 Å². The minimum Gasteiger partial charge on any atom is -0.494 e. The third-order valence-corrected chi connectivity index (χ3v) is 6.38. The molecule has 0 radical (unpaired) electrons. The van der Waals surface area contributed by atoms with Crippen LogP contribution in [0.3, 0.4) is 0 Å². The Balaban J connectivity index is 1.71. The Morgan fingerprint density at radius 2 is 1.80 bits per heavy atom. The van der Waals surface area contributed by atoms with Crippen LogP contribution in [0, 0.1) is 23.3 Å². The van der Waals surface area contributed by atoms with E-state index in [0.29, 0.717) is 29.4 Å². The molecule has 0 bridgehead atoms. The molecule has 2 aromatic carbocycles. The Hall–Kier alpha value is -4.45. The highest BCUT2D eigenvalue weighted by molar-refractivity contribution is 6.02. The molecule has 12 heteroatoms. The molecule has 1 heterocycles. The van der Waals surface area contributed by atoms with Crippen molar-refractivity contribution >= 4 is 34.5 Å². The highest BCUT2D eigenvalue weighted by atomic mass is 19.2. The van der Waals surface area contributed by atoms with Gasteiger partial charge >= 0.3 is 0 Å². The first-order valence-electron chi connectivity index (χ1n) is 12.2. The normalized spacial score (nSPS) is 12.2. The maximum absolute atomic E-state index is 14.7. The van der Waals surface area contributed by atoms with Crippen molar-refractivity contribution in [1.29, 1.82) is 0 Å². The third kappa shape index (κ3) is 5.62. The predicted octanol–water partition coefficient (Wildman–Crippen LogP) is 4.90. The Kier molecular flexibility index (Phi) is 8.38. The number of aromatic nitrogens is 2. The number of carbonyl (C=O) groups excluding carboxylic acids is 1. The van der Waals surface area contributed by atoms with Crippen LogP contribution in [0.1, 0.15) is 16.8 Å². The first kappa shape index (κ1) is 28.6. The topological polar surface area (TPSA) is 82.6 Å². The van der Waals surface area contributed by atoms with Gasteiger partial charge in [-0.05, 0) is 38.7 Å². The van der Waals surface area contributed by atoms with E-state index in [4.69, 9.17) is 4.74 Å². The van der Waals surface area contributed by atoms with Crippen molar-refractivity contribution in [3.05, 3.63) is 83.2 Å². The van der Waals surface area contributed by atoms with Crippen LogP contribution in [0.25, 0.3) is 5.57 Å². The summed E-state index contributed by atoms with van der Waals surface area (Å²) in [6.45, 7) is 4.92. The number of likely N-dealkylation sites (N-methyl/N-ethyl adjacent to an activating group) is 2. The van der Waals surface area contributed by atoms with Crippen molar-refractivity contribution in [3.63, 3.8) is 0 Å². The summed E-state index contributed by atoms with van der Waals surface area (Å²) < 4.78 is 62.3. The van der Waals surface area contributed by atoms with E-state index in [1.165, 1.54) is 25.4 Å². The van der Waals surface area contributed by atoms with Crippen molar-refractivity contribution in [3.8, 4) is 5.75 Å². The summed E-state index contributed by atoms with van der Waals surface area (Å²) in [6.07, 6.45) is 3.86. The standard InChI is InChI=1S/C28H28F4N6O2/c1-6-22(39)34-18-13-19(21(40-5)14-20(18)38(4)12-11-37(2)3)36-28-33-10-9-17(35-28)15-7-8-16-23(15)25(30)27(32)26(31)24(16)29/h6-7,9-10,13-14H,1,8,11-12H2,2-5H3,(H,34,39)(H,33,35,36). The van der Waals surface area contributed by atoms with Crippen molar-refractivity contribution < 1.29 is 27.1 Å². The van der Waals surface area contributed by atoms with Crippen LogP contribution in [0.4, 0.5) is 40.6 Å². The fourth-order valence-electron chi connectivity index (χ4n) is 4.28. The van der Waals surface area contributed by atoms with Crippen LogP contribution < -0.4 is 20.3 Å². The minimum atomic E-state index is -1.88. The number of anilines is 4. The molecule has 0 saturated heterocycles. The molecule has 1 amide bonds. The van der Waals surface area contributed by atoms with E-state index in [9.17, 15) is 22.4 Å². The number of carbonyl (C=O) groups is 1. The summed E-state index contributed by atoms with van der Waals surface area (Å²) in [5, 5.41) is 5.82. The van der Waals surface area contributed by atoms with Crippen LogP contribution >= 0.6 is 0 Å². The van der Waals surface area contributed by atoms with Gasteiger partial charge in [0.15, 0.2) is 23.3 Å². The number of allylic oxidation sites excluding steroid dienone is 1. The number of ether oxygens (including phenoxy) is 1. The maximum Gasteiger partial charge on any atom is 0.247 e. The molecule has 1 aliphatic rings. The monoisotopic (exact) mass is 556 g/mol. The average molecular weight is 557 g/mol. The Bertz CT molecular complexity index is 1510. The molecule has 0 spiro atoms. The molecule has 0 atom stereocenters. The van der Waals surface area contributed by atoms with Gasteiger partial charge in [0.2, 0.25) is 11.9 Å². The Morgan fingerprint density at radius 1 is 1.07 bits per heavy atom. The third-order valence-electron chi connectivity index (χ3n) is 6.38. The lowest BCUT2D eigenvalue weighted by Crippen LogP contribution is -2.29. The van der Waals surface area contributed by atoms with E-state index in [1.54, 1.807) is 12.1 Å². The number of rotatable bonds is 10. The highest BCUT2D eigenvalue weighted by Crippen LogP contribution is 2.40. The molecular formula is C28H28F4N6O2. The number of amides is 1. The number of methoxy groups -OCH3 is 1. The van der Waals surface area contributed by atoms with E-state index < -0.39 is 29.2 Å². The lowest BCUT2D eigenvalue weighted by Gasteiger charge is -2.26. The van der Waals surface area contributed by atoms with Gasteiger partial charge < -0.3 is 25.2 Å². The zero-order chi connectivity index (χ0) is 29.1. The van der Waals surface area contributed by atoms with Crippen molar-refractivity contribution in [2.75, 3.05) is 56.9 Å². The van der Waals surface area contributed by atoms with Gasteiger partial charge in [0.05, 0.1) is 29.9 Å². The van der Waals surface area contributed by atoms with Crippen LogP contribution in [-0.2, 0) is 11.2 Å². The lowest BCUT2D eigenvalue weighted by atomic mass is 10.0. The number of fused-ring (bicyclic) bond motifs is 1. The fraction of sp³-hybridized carbons (Fsp3) is 0.250. The quantitative estimate of drug-likeness (QED) is 0.159. The van der Waals surface area contributed by atoms with E-state index >= 15 is 0 Å². The number of benzene rings is 2. The van der Waals surface area contributed by atoms with Crippen LogP contribution in [-0.4, -0.2) is 62.1 Å². The zero-order valence-electron chi connectivity index (χ0n) is 22.4. The molecule has 0 saturated carbocycles. The van der Waals surface area contributed by atoms with Gasteiger partial charge in [-0.1, -0.05) is 12.7 Å². The SMILES string of the molecule is C=CC(=O)Nc1cc(Nc2nccc(C3=CCc4c(F)c(F)c(F)c(F)c43)n2)c(OC)cc1N(C)CCN(C)C. The summed E-state index contributed by atoms with van der Waals surface area (Å²) in [7, 11) is 7.27. The van der Waals surface area contributed by atoms with E-state index in [2.05, 4.69) is 27.2 Å². The van der Waals surface area contributed by atoms with E-state index in [-0.39, 0.29) is 34.8 Å². The molecular weight excluding hydrogens is 528 g/mol. The summed E-state index contributed by atoms with van der Waals surface area (Å²) in [5.74, 6) is -6.59. The second-order valence-electron chi connectivity index (χ2n) is 9.31. The molecule has 2 N–H and O–H groups in total. The van der Waals surface area contributed by atoms with Crippen molar-refractivity contribution in [2.24, 2.45) is 0 Å². The van der Waals surface area contributed by atoms with Crippen LogP contribution in [0.2, 0.25) is 0 Å². The maximum atomic E-state index is 14.7. The second kappa shape index (κ2) is 11.7.